The first kappa shape index (κ1) is 22.9. The molecule has 35 heavy (non-hydrogen) atoms. The predicted octanol–water partition coefficient (Wildman–Crippen LogP) is 0.293. The fraction of sp³-hybridized carbons (Fsp3) is 0.105. The van der Waals surface area contributed by atoms with Gasteiger partial charge in [0, 0.05) is 31.3 Å². The minimum absolute atomic E-state index is 0.0513. The largest absolute Gasteiger partial charge is 0.348 e. The molecule has 0 spiro atoms. The summed E-state index contributed by atoms with van der Waals surface area (Å²) in [7, 11) is 0. The Hall–Kier alpha value is -5.25. The van der Waals surface area contributed by atoms with Crippen LogP contribution in [0.1, 0.15) is 22.5 Å². The molecular weight excluding hydrogens is 456 g/mol. The maximum atomic E-state index is 8.15. The summed E-state index contributed by atoms with van der Waals surface area (Å²) in [6, 6.07) is 7.24. The summed E-state index contributed by atoms with van der Waals surface area (Å²) in [4.78, 5) is 7.88. The zero-order chi connectivity index (χ0) is 24.3. The molecule has 4 heterocycles. The Morgan fingerprint density at radius 2 is 1.43 bits per heavy atom. The van der Waals surface area contributed by atoms with Crippen molar-refractivity contribution in [1.29, 1.82) is 10.8 Å². The second-order valence-corrected chi connectivity index (χ2v) is 6.69. The molecule has 0 unspecified atom stereocenters. The van der Waals surface area contributed by atoms with E-state index in [1.807, 2.05) is 12.1 Å². The van der Waals surface area contributed by atoms with Crippen LogP contribution in [0.25, 0.3) is 0 Å². The van der Waals surface area contributed by atoms with Gasteiger partial charge in [-0.3, -0.25) is 26.2 Å². The molecular formula is C19H20N14O2. The highest BCUT2D eigenvalue weighted by Gasteiger charge is 2.17. The molecule has 0 aliphatic heterocycles. The first-order valence-electron chi connectivity index (χ1n) is 10.1. The summed E-state index contributed by atoms with van der Waals surface area (Å²) < 4.78 is 9.47. The molecule has 0 amide bonds. The third kappa shape index (κ3) is 6.39. The van der Waals surface area contributed by atoms with E-state index >= 15 is 0 Å². The second-order valence-electron chi connectivity index (χ2n) is 6.69. The van der Waals surface area contributed by atoms with Crippen molar-refractivity contribution in [2.45, 2.75) is 6.54 Å². The van der Waals surface area contributed by atoms with Crippen LogP contribution in [-0.4, -0.2) is 55.1 Å². The van der Waals surface area contributed by atoms with Crippen LogP contribution in [0.4, 0.5) is 11.6 Å². The lowest BCUT2D eigenvalue weighted by atomic mass is 10.3. The van der Waals surface area contributed by atoms with Crippen LogP contribution in [0.15, 0.2) is 63.4 Å². The van der Waals surface area contributed by atoms with Gasteiger partial charge in [0.2, 0.25) is 11.6 Å². The van der Waals surface area contributed by atoms with E-state index in [0.717, 1.165) is 11.1 Å². The molecule has 16 nitrogen and oxygen atoms in total. The Bertz CT molecular complexity index is 1270. The van der Waals surface area contributed by atoms with Crippen molar-refractivity contribution in [3.05, 3.63) is 71.6 Å². The number of hydrazine groups is 1. The minimum Gasteiger partial charge on any atom is -0.348 e. The maximum Gasteiger partial charge on any atom is 0.203 e. The predicted molar refractivity (Wildman–Crippen MR) is 124 cm³/mol. The van der Waals surface area contributed by atoms with Crippen molar-refractivity contribution >= 4 is 29.5 Å². The van der Waals surface area contributed by atoms with Gasteiger partial charge in [-0.2, -0.15) is 5.10 Å². The van der Waals surface area contributed by atoms with Crippen molar-refractivity contribution in [1.82, 2.24) is 46.9 Å². The zero-order valence-corrected chi connectivity index (χ0v) is 18.1. The molecule has 0 aromatic carbocycles. The van der Waals surface area contributed by atoms with E-state index in [9.17, 15) is 0 Å². The highest BCUT2D eigenvalue weighted by Crippen LogP contribution is 2.11. The van der Waals surface area contributed by atoms with Crippen molar-refractivity contribution in [3.8, 4) is 0 Å². The third-order valence-electron chi connectivity index (χ3n) is 4.31. The van der Waals surface area contributed by atoms with Crippen molar-refractivity contribution in [2.75, 3.05) is 17.3 Å². The number of pyridine rings is 2. The monoisotopic (exact) mass is 476 g/mol. The second kappa shape index (κ2) is 11.6. The highest BCUT2D eigenvalue weighted by atomic mass is 16.6. The lowest BCUT2D eigenvalue weighted by Gasteiger charge is -2.09. The Balaban J connectivity index is 1.25. The lowest BCUT2D eigenvalue weighted by Crippen LogP contribution is -2.37. The Labute approximate surface area is 197 Å². The number of aromatic nitrogens is 6. The van der Waals surface area contributed by atoms with Crippen molar-refractivity contribution in [2.24, 2.45) is 5.10 Å². The number of rotatable bonds is 11. The molecule has 4 rings (SSSR count). The molecule has 0 radical (unpaired) electrons. The smallest absolute Gasteiger partial charge is 0.203 e. The average Bonchev–Trinajstić information content (AvgIpc) is 3.55. The van der Waals surface area contributed by atoms with Gasteiger partial charge in [0.15, 0.2) is 23.1 Å². The average molecular weight is 476 g/mol. The van der Waals surface area contributed by atoms with Crippen LogP contribution in [0.3, 0.4) is 0 Å². The summed E-state index contributed by atoms with van der Waals surface area (Å²) >= 11 is 0. The van der Waals surface area contributed by atoms with Gasteiger partial charge < -0.3 is 16.1 Å². The Morgan fingerprint density at radius 1 is 0.829 bits per heavy atom. The highest BCUT2D eigenvalue weighted by molar-refractivity contribution is 5.99. The number of nitrogens with one attached hydrogen (secondary N) is 7. The van der Waals surface area contributed by atoms with Gasteiger partial charge in [0.1, 0.15) is 0 Å². The summed E-state index contributed by atoms with van der Waals surface area (Å²) in [5.74, 6) is 0.229. The SMILES string of the molecule is N=C(N/N=C/c1ccncc1)c1nonc1NCNc1nonc1C(=N)NNCc1ccncc1. The molecule has 0 saturated heterocycles. The van der Waals surface area contributed by atoms with Crippen LogP contribution >= 0.6 is 0 Å². The Morgan fingerprint density at radius 3 is 2.09 bits per heavy atom. The van der Waals surface area contributed by atoms with E-state index in [-0.39, 0.29) is 41.4 Å². The Kier molecular flexibility index (Phi) is 7.58. The number of nitrogens with zero attached hydrogens (tertiary/aromatic N) is 7. The number of hydrazone groups is 1. The van der Waals surface area contributed by atoms with Gasteiger partial charge in [-0.15, -0.1) is 0 Å². The van der Waals surface area contributed by atoms with Gasteiger partial charge >= 0.3 is 0 Å². The molecule has 0 fully saturated rings. The number of hydrogen-bond acceptors (Lipinski definition) is 14. The van der Waals surface area contributed by atoms with Crippen LogP contribution in [0.5, 0.6) is 0 Å². The van der Waals surface area contributed by atoms with E-state index in [4.69, 9.17) is 20.1 Å². The van der Waals surface area contributed by atoms with Gasteiger partial charge in [0.05, 0.1) is 12.9 Å². The molecule has 0 atom stereocenters. The van der Waals surface area contributed by atoms with Crippen LogP contribution in [-0.2, 0) is 6.54 Å². The van der Waals surface area contributed by atoms with Gasteiger partial charge in [-0.1, -0.05) is 0 Å². The molecule has 0 saturated carbocycles. The van der Waals surface area contributed by atoms with E-state index in [1.165, 1.54) is 6.21 Å². The van der Waals surface area contributed by atoms with Crippen LogP contribution < -0.4 is 26.9 Å². The third-order valence-corrected chi connectivity index (χ3v) is 4.31. The van der Waals surface area contributed by atoms with Gasteiger partial charge in [-0.05, 0) is 56.0 Å². The number of hydrogen-bond donors (Lipinski definition) is 7. The molecule has 0 aliphatic rings. The van der Waals surface area contributed by atoms with E-state index in [2.05, 4.69) is 62.6 Å². The van der Waals surface area contributed by atoms with Crippen LogP contribution in [0.2, 0.25) is 0 Å². The molecule has 0 bridgehead atoms. The zero-order valence-electron chi connectivity index (χ0n) is 18.1. The number of anilines is 2. The summed E-state index contributed by atoms with van der Waals surface area (Å²) in [5, 5.41) is 41.0. The first-order chi connectivity index (χ1) is 17.2. The topological polar surface area (TPSA) is 224 Å². The first-order valence-corrected chi connectivity index (χ1v) is 10.1. The molecule has 178 valence electrons. The minimum atomic E-state index is -0.130. The van der Waals surface area contributed by atoms with Crippen molar-refractivity contribution < 1.29 is 9.26 Å². The van der Waals surface area contributed by atoms with E-state index < -0.39 is 0 Å². The van der Waals surface area contributed by atoms with Gasteiger partial charge in [-0.25, -0.2) is 14.7 Å². The number of amidine groups is 2. The summed E-state index contributed by atoms with van der Waals surface area (Å²) in [5.41, 5.74) is 10.3. The quantitative estimate of drug-likeness (QED) is 0.0669. The normalized spacial score (nSPS) is 10.7. The van der Waals surface area contributed by atoms with Crippen molar-refractivity contribution in [3.63, 3.8) is 0 Å². The summed E-state index contributed by atoms with van der Waals surface area (Å²) in [6.07, 6.45) is 8.17. The fourth-order valence-corrected chi connectivity index (χ4v) is 2.62. The molecule has 4 aromatic rings. The fourth-order valence-electron chi connectivity index (χ4n) is 2.62. The van der Waals surface area contributed by atoms with Gasteiger partial charge in [0.25, 0.3) is 0 Å². The summed E-state index contributed by atoms with van der Waals surface area (Å²) in [6.45, 7) is 0.558. The lowest BCUT2D eigenvalue weighted by molar-refractivity contribution is 0.307. The molecule has 7 N–H and O–H groups in total. The van der Waals surface area contributed by atoms with Crippen LogP contribution in [0, 0.1) is 10.8 Å². The molecule has 16 heteroatoms. The standard InChI is InChI=1S/C19H20N14O2/c20-16(28-26-9-12-1-5-22-6-2-12)14-18(32-34-30-14)24-11-25-19-15(31-35-33-19)17(21)29-27-10-13-3-7-23-8-4-13/h1-9,27H,10-11H2,(H2,20,28)(H2,21,29)(H,24,32)(H,25,33)/b26-9+. The molecule has 4 aromatic heterocycles. The van der Waals surface area contributed by atoms with E-state index in [1.54, 1.807) is 36.9 Å². The maximum absolute atomic E-state index is 8.15. The van der Waals surface area contributed by atoms with E-state index in [0.29, 0.717) is 6.54 Å². The molecule has 0 aliphatic carbocycles.